The predicted molar refractivity (Wildman–Crippen MR) is 116 cm³/mol. The first-order valence-corrected chi connectivity index (χ1v) is 11.2. The Bertz CT molecular complexity index is 508. The van der Waals surface area contributed by atoms with Gasteiger partial charge in [-0.1, -0.05) is 89.7 Å². The van der Waals surface area contributed by atoms with Gasteiger partial charge in [0, 0.05) is 13.1 Å². The van der Waals surface area contributed by atoms with E-state index in [1.807, 2.05) is 0 Å². The maximum absolute atomic E-state index is 11.1. The average molecular weight is 393 g/mol. The first-order valence-electron chi connectivity index (χ1n) is 11.2. The number of hydrogen-bond donors (Lipinski definition) is 3. The number of carboxylic acid groups (broad SMARTS) is 1. The number of hydroxylamine groups is 1. The Kier molecular flexibility index (Phi) is 15.3. The van der Waals surface area contributed by atoms with Crippen LogP contribution < -0.4 is 15.6 Å². The van der Waals surface area contributed by atoms with Gasteiger partial charge < -0.3 is 15.3 Å². The average Bonchev–Trinajstić information content (AvgIpc) is 2.70. The van der Waals surface area contributed by atoms with Crippen molar-refractivity contribution in [1.29, 1.82) is 0 Å². The first kappa shape index (κ1) is 24.4. The molecule has 1 aromatic carbocycles. The molecule has 28 heavy (non-hydrogen) atoms. The minimum atomic E-state index is -0.984. The van der Waals surface area contributed by atoms with Crippen LogP contribution in [0.1, 0.15) is 94.3 Å². The highest BCUT2D eigenvalue weighted by atomic mass is 16.6. The van der Waals surface area contributed by atoms with Crippen LogP contribution in [-0.4, -0.2) is 30.7 Å². The van der Waals surface area contributed by atoms with Gasteiger partial charge in [0.2, 0.25) is 0 Å². The highest BCUT2D eigenvalue weighted by molar-refractivity contribution is 5.90. The summed E-state index contributed by atoms with van der Waals surface area (Å²) in [5.41, 5.74) is 2.98. The van der Waals surface area contributed by atoms with E-state index in [9.17, 15) is 4.79 Å². The van der Waals surface area contributed by atoms with Gasteiger partial charge in [0.25, 0.3) is 0 Å². The van der Waals surface area contributed by atoms with Gasteiger partial charge in [-0.15, -0.1) is 0 Å². The van der Waals surface area contributed by atoms with Gasteiger partial charge in [-0.05, 0) is 25.1 Å². The molecule has 5 nitrogen and oxygen atoms in total. The van der Waals surface area contributed by atoms with Crippen LogP contribution in [0.2, 0.25) is 0 Å². The maximum Gasteiger partial charge on any atom is 0.339 e. The van der Waals surface area contributed by atoms with Gasteiger partial charge >= 0.3 is 5.97 Å². The second-order valence-corrected chi connectivity index (χ2v) is 7.44. The van der Waals surface area contributed by atoms with Gasteiger partial charge in [-0.2, -0.15) is 5.48 Å². The fourth-order valence-electron chi connectivity index (χ4n) is 3.22. The lowest BCUT2D eigenvalue weighted by atomic mass is 10.1. The molecule has 0 amide bonds. The van der Waals surface area contributed by atoms with Crippen molar-refractivity contribution in [3.8, 4) is 5.75 Å². The van der Waals surface area contributed by atoms with E-state index in [-0.39, 0.29) is 5.56 Å². The van der Waals surface area contributed by atoms with E-state index < -0.39 is 5.97 Å². The van der Waals surface area contributed by atoms with Crippen LogP contribution in [-0.2, 0) is 0 Å². The van der Waals surface area contributed by atoms with Crippen LogP contribution in [0.5, 0.6) is 5.75 Å². The molecule has 0 fully saturated rings. The van der Waals surface area contributed by atoms with Crippen molar-refractivity contribution in [3.05, 3.63) is 29.8 Å². The predicted octanol–water partition coefficient (Wildman–Crippen LogP) is 5.56. The van der Waals surface area contributed by atoms with Crippen LogP contribution in [0.25, 0.3) is 0 Å². The topological polar surface area (TPSA) is 70.6 Å². The van der Waals surface area contributed by atoms with Crippen molar-refractivity contribution in [2.24, 2.45) is 0 Å². The number of rotatable bonds is 19. The van der Waals surface area contributed by atoms with E-state index in [2.05, 4.69) is 17.7 Å². The molecule has 1 aromatic rings. The van der Waals surface area contributed by atoms with E-state index in [0.717, 1.165) is 13.1 Å². The Morgan fingerprint density at radius 1 is 0.821 bits per heavy atom. The number of carboxylic acids is 1. The molecule has 0 saturated heterocycles. The lowest BCUT2D eigenvalue weighted by Gasteiger charge is -2.10. The second kappa shape index (κ2) is 17.5. The zero-order chi connectivity index (χ0) is 20.3. The number of benzene rings is 1. The molecule has 0 bridgehead atoms. The quantitative estimate of drug-likeness (QED) is 0.212. The summed E-state index contributed by atoms with van der Waals surface area (Å²) in [5.74, 6) is -0.640. The molecule has 3 N–H and O–H groups in total. The summed E-state index contributed by atoms with van der Waals surface area (Å²) in [6, 6.07) is 6.63. The third-order valence-electron chi connectivity index (χ3n) is 4.91. The Balaban J connectivity index is 1.83. The number of aromatic carboxylic acids is 1. The molecule has 5 heteroatoms. The normalized spacial score (nSPS) is 10.9. The molecule has 0 spiro atoms. The van der Waals surface area contributed by atoms with E-state index >= 15 is 0 Å². The minimum absolute atomic E-state index is 0.166. The van der Waals surface area contributed by atoms with Crippen molar-refractivity contribution in [1.82, 2.24) is 10.8 Å². The zero-order valence-electron chi connectivity index (χ0n) is 17.7. The summed E-state index contributed by atoms with van der Waals surface area (Å²) in [4.78, 5) is 16.4. The third-order valence-corrected chi connectivity index (χ3v) is 4.91. The minimum Gasteiger partial charge on any atom is -0.478 e. The molecular formula is C23H40N2O3. The molecule has 160 valence electrons. The summed E-state index contributed by atoms with van der Waals surface area (Å²) >= 11 is 0. The van der Waals surface area contributed by atoms with E-state index in [0.29, 0.717) is 12.3 Å². The summed E-state index contributed by atoms with van der Waals surface area (Å²) in [6.07, 6.45) is 16.4. The Labute approximate surface area is 171 Å². The van der Waals surface area contributed by atoms with Crippen LogP contribution in [0.15, 0.2) is 24.3 Å². The molecule has 0 radical (unpaired) electrons. The van der Waals surface area contributed by atoms with Crippen molar-refractivity contribution in [2.45, 2.75) is 84.0 Å². The summed E-state index contributed by atoms with van der Waals surface area (Å²) in [7, 11) is 0. The number of para-hydroxylation sites is 1. The molecule has 0 saturated carbocycles. The van der Waals surface area contributed by atoms with E-state index in [1.54, 1.807) is 18.2 Å². The molecule has 0 unspecified atom stereocenters. The fourth-order valence-corrected chi connectivity index (χ4v) is 3.22. The van der Waals surface area contributed by atoms with Crippen LogP contribution >= 0.6 is 0 Å². The van der Waals surface area contributed by atoms with Gasteiger partial charge in [-0.3, -0.25) is 0 Å². The molecule has 0 aliphatic rings. The lowest BCUT2D eigenvalue weighted by molar-refractivity contribution is 0.0688. The largest absolute Gasteiger partial charge is 0.478 e. The van der Waals surface area contributed by atoms with Crippen LogP contribution in [0.4, 0.5) is 0 Å². The summed E-state index contributed by atoms with van der Waals surface area (Å²) < 4.78 is 0. The van der Waals surface area contributed by atoms with Gasteiger partial charge in [0.05, 0.1) is 0 Å². The Hall–Kier alpha value is -1.59. The van der Waals surface area contributed by atoms with Crippen molar-refractivity contribution in [2.75, 3.05) is 19.6 Å². The molecule has 0 aliphatic heterocycles. The molecule has 0 atom stereocenters. The smallest absolute Gasteiger partial charge is 0.339 e. The summed E-state index contributed by atoms with van der Waals surface area (Å²) in [5, 5.41) is 12.5. The fraction of sp³-hybridized carbons (Fsp3) is 0.696. The number of hydrogen-bond acceptors (Lipinski definition) is 4. The highest BCUT2D eigenvalue weighted by Crippen LogP contribution is 2.16. The van der Waals surface area contributed by atoms with Gasteiger partial charge in [0.15, 0.2) is 5.75 Å². The molecule has 0 aromatic heterocycles. The molecule has 0 heterocycles. The van der Waals surface area contributed by atoms with E-state index in [4.69, 9.17) is 9.94 Å². The maximum atomic E-state index is 11.1. The monoisotopic (exact) mass is 392 g/mol. The second-order valence-electron chi connectivity index (χ2n) is 7.44. The SMILES string of the molecule is CCCCCCCCCCCCCCNCCNOc1ccccc1C(=O)O. The highest BCUT2D eigenvalue weighted by Gasteiger charge is 2.09. The van der Waals surface area contributed by atoms with Crippen LogP contribution in [0.3, 0.4) is 0 Å². The Morgan fingerprint density at radius 3 is 2.00 bits per heavy atom. The van der Waals surface area contributed by atoms with Crippen molar-refractivity contribution >= 4 is 5.97 Å². The Morgan fingerprint density at radius 2 is 1.39 bits per heavy atom. The van der Waals surface area contributed by atoms with Crippen molar-refractivity contribution in [3.63, 3.8) is 0 Å². The number of unbranched alkanes of at least 4 members (excludes halogenated alkanes) is 11. The molecule has 1 rings (SSSR count). The number of nitrogens with one attached hydrogen (secondary N) is 2. The van der Waals surface area contributed by atoms with Crippen LogP contribution in [0, 0.1) is 0 Å². The van der Waals surface area contributed by atoms with E-state index in [1.165, 1.54) is 83.1 Å². The lowest BCUT2D eigenvalue weighted by Crippen LogP contribution is -2.30. The van der Waals surface area contributed by atoms with Gasteiger partial charge in [0.1, 0.15) is 5.56 Å². The molecule has 0 aliphatic carbocycles. The first-order chi connectivity index (χ1) is 13.8. The zero-order valence-corrected chi connectivity index (χ0v) is 17.7. The number of carbonyl (C=O) groups is 1. The van der Waals surface area contributed by atoms with Gasteiger partial charge in [-0.25, -0.2) is 4.79 Å². The standard InChI is InChI=1S/C23H40N2O3/c1-2-3-4-5-6-7-8-9-10-11-12-15-18-24-19-20-25-28-22-17-14-13-16-21(22)23(26)27/h13-14,16-17,24-25H,2-12,15,18-20H2,1H3,(H,26,27). The molecular weight excluding hydrogens is 352 g/mol. The summed E-state index contributed by atoms with van der Waals surface area (Å²) in [6.45, 7) is 4.72. The van der Waals surface area contributed by atoms with Crippen molar-refractivity contribution < 1.29 is 14.7 Å². The third kappa shape index (κ3) is 12.7.